The van der Waals surface area contributed by atoms with Crippen LogP contribution in [0, 0.1) is 0 Å². The Kier molecular flexibility index (Phi) is 10.3. The fourth-order valence-corrected chi connectivity index (χ4v) is 6.45. The van der Waals surface area contributed by atoms with E-state index in [-0.39, 0.29) is 24.1 Å². The SMILES string of the molecule is CCNC(=O)c1ccccc1-c1oc2ccc(CN3C(=O)C(NC(=O)CC(C)(C)NCC(C)O)CCc4ccccc43)cc2c1Br. The Labute approximate surface area is 277 Å². The van der Waals surface area contributed by atoms with Gasteiger partial charge >= 0.3 is 0 Å². The number of para-hydroxylation sites is 1. The molecule has 1 aliphatic heterocycles. The molecule has 242 valence electrons. The smallest absolute Gasteiger partial charge is 0.252 e. The first-order valence-corrected chi connectivity index (χ1v) is 16.5. The maximum absolute atomic E-state index is 14.1. The fourth-order valence-electron chi connectivity index (χ4n) is 5.85. The molecule has 5 rings (SSSR count). The van der Waals surface area contributed by atoms with Crippen molar-refractivity contribution in [1.29, 1.82) is 0 Å². The number of aliphatic hydroxyl groups excluding tert-OH is 1. The summed E-state index contributed by atoms with van der Waals surface area (Å²) in [6.45, 7) is 8.55. The van der Waals surface area contributed by atoms with Crippen LogP contribution in [0.3, 0.4) is 0 Å². The predicted molar refractivity (Wildman–Crippen MR) is 184 cm³/mol. The number of aliphatic hydroxyl groups is 1. The molecule has 4 N–H and O–H groups in total. The van der Waals surface area contributed by atoms with E-state index in [1.54, 1.807) is 17.9 Å². The number of carbonyl (C=O) groups excluding carboxylic acids is 3. The first kappa shape index (κ1) is 33.4. The molecular weight excluding hydrogens is 648 g/mol. The maximum atomic E-state index is 14.1. The summed E-state index contributed by atoms with van der Waals surface area (Å²) in [7, 11) is 0. The van der Waals surface area contributed by atoms with E-state index < -0.39 is 17.7 Å². The molecule has 9 nitrogen and oxygen atoms in total. The normalized spacial score (nSPS) is 15.7. The second-order valence-corrected chi connectivity index (χ2v) is 13.3. The molecule has 3 aromatic carbocycles. The summed E-state index contributed by atoms with van der Waals surface area (Å²) in [6, 6.07) is 20.3. The van der Waals surface area contributed by atoms with Crippen molar-refractivity contribution in [3.8, 4) is 11.3 Å². The summed E-state index contributed by atoms with van der Waals surface area (Å²) in [6.07, 6.45) is 0.760. The van der Waals surface area contributed by atoms with Crippen molar-refractivity contribution in [2.24, 2.45) is 0 Å². The number of nitrogens with one attached hydrogen (secondary N) is 3. The number of β-amino-alcohol motifs (C(OH)–C–C–N with tert-alkyl or cyclic N) is 1. The van der Waals surface area contributed by atoms with Crippen LogP contribution in [-0.2, 0) is 22.6 Å². The highest BCUT2D eigenvalue weighted by Gasteiger charge is 2.33. The summed E-state index contributed by atoms with van der Waals surface area (Å²) in [4.78, 5) is 41.8. The van der Waals surface area contributed by atoms with Crippen LogP contribution in [0.2, 0.25) is 0 Å². The van der Waals surface area contributed by atoms with Gasteiger partial charge in [-0.25, -0.2) is 0 Å². The Bertz CT molecular complexity index is 1750. The molecule has 0 saturated heterocycles. The van der Waals surface area contributed by atoms with Gasteiger partial charge in [0.05, 0.1) is 22.7 Å². The zero-order chi connectivity index (χ0) is 33.0. The number of amides is 3. The van der Waals surface area contributed by atoms with E-state index in [0.717, 1.165) is 26.7 Å². The van der Waals surface area contributed by atoms with Crippen LogP contribution >= 0.6 is 15.9 Å². The van der Waals surface area contributed by atoms with Crippen LogP contribution in [0.15, 0.2) is 75.6 Å². The zero-order valence-corrected chi connectivity index (χ0v) is 28.2. The lowest BCUT2D eigenvalue weighted by atomic mass is 9.99. The zero-order valence-electron chi connectivity index (χ0n) is 26.7. The lowest BCUT2D eigenvalue weighted by molar-refractivity contribution is -0.128. The molecule has 0 spiro atoms. The first-order valence-electron chi connectivity index (χ1n) is 15.7. The van der Waals surface area contributed by atoms with Gasteiger partial charge in [-0.05, 0) is 91.9 Å². The number of rotatable bonds is 11. The quantitative estimate of drug-likeness (QED) is 0.160. The Morgan fingerprint density at radius 2 is 1.85 bits per heavy atom. The number of aryl methyl sites for hydroxylation is 1. The molecule has 0 fully saturated rings. The van der Waals surface area contributed by atoms with E-state index in [0.29, 0.717) is 54.9 Å². The van der Waals surface area contributed by atoms with Crippen molar-refractivity contribution < 1.29 is 23.9 Å². The van der Waals surface area contributed by atoms with Gasteiger partial charge in [0.25, 0.3) is 5.91 Å². The van der Waals surface area contributed by atoms with Gasteiger partial charge in [-0.2, -0.15) is 0 Å². The molecule has 0 bridgehead atoms. The van der Waals surface area contributed by atoms with Gasteiger partial charge in [-0.1, -0.05) is 42.5 Å². The van der Waals surface area contributed by atoms with E-state index in [2.05, 4.69) is 31.9 Å². The minimum atomic E-state index is -0.686. The molecule has 1 aliphatic rings. The van der Waals surface area contributed by atoms with Gasteiger partial charge in [-0.15, -0.1) is 0 Å². The van der Waals surface area contributed by atoms with Gasteiger partial charge in [-0.3, -0.25) is 14.4 Å². The Hall–Kier alpha value is -3.99. The number of hydrogen-bond donors (Lipinski definition) is 4. The van der Waals surface area contributed by atoms with Crippen LogP contribution in [0.5, 0.6) is 0 Å². The minimum absolute atomic E-state index is 0.160. The summed E-state index contributed by atoms with van der Waals surface area (Å²) >= 11 is 3.73. The number of hydrogen-bond acceptors (Lipinski definition) is 6. The van der Waals surface area contributed by atoms with Crippen LogP contribution in [0.4, 0.5) is 5.69 Å². The van der Waals surface area contributed by atoms with E-state index >= 15 is 0 Å². The third-order valence-electron chi connectivity index (χ3n) is 8.15. The molecule has 2 atom stereocenters. The van der Waals surface area contributed by atoms with Crippen LogP contribution in [0.25, 0.3) is 22.3 Å². The van der Waals surface area contributed by atoms with Crippen molar-refractivity contribution in [2.75, 3.05) is 18.0 Å². The molecule has 2 unspecified atom stereocenters. The fraction of sp³-hybridized carbons (Fsp3) is 0.361. The number of halogens is 1. The summed E-state index contributed by atoms with van der Waals surface area (Å²) in [5.41, 5.74) is 4.05. The number of benzene rings is 3. The predicted octanol–water partition coefficient (Wildman–Crippen LogP) is 5.72. The third kappa shape index (κ3) is 7.52. The monoisotopic (exact) mass is 688 g/mol. The first-order chi connectivity index (χ1) is 22.0. The lowest BCUT2D eigenvalue weighted by Crippen LogP contribution is -2.51. The van der Waals surface area contributed by atoms with Crippen molar-refractivity contribution in [3.63, 3.8) is 0 Å². The molecule has 2 heterocycles. The average molecular weight is 690 g/mol. The van der Waals surface area contributed by atoms with E-state index in [4.69, 9.17) is 4.42 Å². The molecular formula is C36H41BrN4O5. The number of carbonyl (C=O) groups is 3. The van der Waals surface area contributed by atoms with Gasteiger partial charge in [0.15, 0.2) is 0 Å². The molecule has 4 aromatic rings. The molecule has 0 saturated carbocycles. The maximum Gasteiger partial charge on any atom is 0.252 e. The van der Waals surface area contributed by atoms with E-state index in [1.165, 1.54) is 0 Å². The Balaban J connectivity index is 1.42. The highest BCUT2D eigenvalue weighted by Crippen LogP contribution is 2.40. The van der Waals surface area contributed by atoms with Gasteiger partial charge in [0.1, 0.15) is 17.4 Å². The number of fused-ring (bicyclic) bond motifs is 2. The molecule has 0 aliphatic carbocycles. The summed E-state index contributed by atoms with van der Waals surface area (Å²) in [5, 5.41) is 19.6. The number of furan rings is 1. The minimum Gasteiger partial charge on any atom is -0.455 e. The topological polar surface area (TPSA) is 124 Å². The molecule has 46 heavy (non-hydrogen) atoms. The largest absolute Gasteiger partial charge is 0.455 e. The van der Waals surface area contributed by atoms with Crippen LogP contribution < -0.4 is 20.9 Å². The van der Waals surface area contributed by atoms with Crippen molar-refractivity contribution >= 4 is 50.3 Å². The van der Waals surface area contributed by atoms with E-state index in [9.17, 15) is 19.5 Å². The van der Waals surface area contributed by atoms with Crippen molar-refractivity contribution in [3.05, 3.63) is 87.9 Å². The highest BCUT2D eigenvalue weighted by molar-refractivity contribution is 9.10. The van der Waals surface area contributed by atoms with Gasteiger partial charge in [0.2, 0.25) is 11.8 Å². The van der Waals surface area contributed by atoms with Crippen molar-refractivity contribution in [1.82, 2.24) is 16.0 Å². The second-order valence-electron chi connectivity index (χ2n) is 12.5. The highest BCUT2D eigenvalue weighted by atomic mass is 79.9. The number of anilines is 1. The van der Waals surface area contributed by atoms with Crippen LogP contribution in [-0.4, -0.2) is 53.6 Å². The van der Waals surface area contributed by atoms with Crippen molar-refractivity contribution in [2.45, 2.75) is 71.2 Å². The van der Waals surface area contributed by atoms with E-state index in [1.807, 2.05) is 81.4 Å². The molecule has 1 aromatic heterocycles. The Morgan fingerprint density at radius 1 is 1.11 bits per heavy atom. The standard InChI is InChI=1S/C36H41BrN4O5/c1-5-38-34(44)26-12-8-7-11-25(26)33-32(37)27-18-23(14-17-30(27)46-33)21-41-29-13-9-6-10-24(29)15-16-28(35(41)45)40-31(43)19-36(3,4)39-20-22(2)42/h6-14,17-18,22,28,39,42H,5,15-16,19-21H2,1-4H3,(H,38,44)(H,40,43). The third-order valence-corrected chi connectivity index (χ3v) is 8.94. The molecule has 3 amide bonds. The Morgan fingerprint density at radius 3 is 2.61 bits per heavy atom. The average Bonchev–Trinajstić information content (AvgIpc) is 3.29. The second kappa shape index (κ2) is 14.2. The van der Waals surface area contributed by atoms with Gasteiger partial charge in [0, 0.05) is 41.7 Å². The summed E-state index contributed by atoms with van der Waals surface area (Å²) < 4.78 is 6.98. The molecule has 10 heteroatoms. The van der Waals surface area contributed by atoms with Gasteiger partial charge < -0.3 is 30.4 Å². The summed E-state index contributed by atoms with van der Waals surface area (Å²) in [5.74, 6) is -0.0166. The lowest BCUT2D eigenvalue weighted by Gasteiger charge is -2.29. The number of nitrogens with zero attached hydrogens (tertiary/aromatic N) is 1. The molecule has 0 radical (unpaired) electrons. The van der Waals surface area contributed by atoms with Crippen LogP contribution in [0.1, 0.15) is 62.0 Å².